The summed E-state index contributed by atoms with van der Waals surface area (Å²) < 4.78 is 0. The van der Waals surface area contributed by atoms with Crippen LogP contribution < -0.4 is 0 Å². The number of hydrogen-bond donors (Lipinski definition) is 0. The molecule has 5 heterocycles. The molecule has 1 saturated heterocycles. The van der Waals surface area contributed by atoms with Gasteiger partial charge in [-0.15, -0.1) is 0 Å². The van der Waals surface area contributed by atoms with Gasteiger partial charge in [-0.1, -0.05) is 79.5 Å². The standard InChI is InChI=1S/C32H48N2/c1-2-5-10-14-18-23-34-26-29-19-15-11-7-4-6-9-13-17-22-33-24-21-32(31(25-29)28-34)30(27-33)20-16-12-8-3-1/h2,4-6,9-10,13-14,25,28,30,32H,1,3,7-8,11-12,15-24,26-27H2. The SMILES string of the molecule is C1=CCCCCCCC2CN3CCC=CC=CCCCCC4=CC(=CN(CCC=C1)C4)C2CC3. The molecule has 0 N–H and O–H groups in total. The summed E-state index contributed by atoms with van der Waals surface area (Å²) in [5.74, 6) is 1.56. The Morgan fingerprint density at radius 1 is 0.647 bits per heavy atom. The van der Waals surface area contributed by atoms with Crippen molar-refractivity contribution in [2.24, 2.45) is 11.8 Å². The second-order valence-electron chi connectivity index (χ2n) is 10.9. The van der Waals surface area contributed by atoms with E-state index in [-0.39, 0.29) is 0 Å². The quantitative estimate of drug-likeness (QED) is 0.361. The highest BCUT2D eigenvalue weighted by Gasteiger charge is 2.31. The molecule has 3 unspecified atom stereocenters. The lowest BCUT2D eigenvalue weighted by molar-refractivity contribution is 0.129. The molecule has 0 saturated carbocycles. The first-order chi connectivity index (χ1) is 16.9. The van der Waals surface area contributed by atoms with Crippen LogP contribution in [-0.4, -0.2) is 42.5 Å². The fourth-order valence-corrected chi connectivity index (χ4v) is 6.21. The average Bonchev–Trinajstić information content (AvgIpc) is 2.85. The van der Waals surface area contributed by atoms with Crippen molar-refractivity contribution in [2.45, 2.75) is 83.5 Å². The third-order valence-electron chi connectivity index (χ3n) is 8.13. The molecule has 5 aliphatic heterocycles. The molecule has 0 spiro atoms. The van der Waals surface area contributed by atoms with Crippen LogP contribution in [0.4, 0.5) is 0 Å². The molecular formula is C32H48N2. The fourth-order valence-electron chi connectivity index (χ4n) is 6.21. The summed E-state index contributed by atoms with van der Waals surface area (Å²) in [5, 5.41) is 0. The minimum Gasteiger partial charge on any atom is -0.373 e. The van der Waals surface area contributed by atoms with Crippen LogP contribution in [0.2, 0.25) is 0 Å². The summed E-state index contributed by atoms with van der Waals surface area (Å²) in [6, 6.07) is 0. The van der Waals surface area contributed by atoms with Crippen molar-refractivity contribution in [3.63, 3.8) is 0 Å². The Labute approximate surface area is 209 Å². The van der Waals surface area contributed by atoms with Crippen molar-refractivity contribution in [3.05, 3.63) is 72.0 Å². The Morgan fingerprint density at radius 2 is 1.35 bits per heavy atom. The van der Waals surface area contributed by atoms with Crippen LogP contribution >= 0.6 is 0 Å². The van der Waals surface area contributed by atoms with Crippen LogP contribution in [0.15, 0.2) is 72.0 Å². The zero-order chi connectivity index (χ0) is 23.3. The molecule has 0 aromatic heterocycles. The number of rotatable bonds is 0. The second-order valence-corrected chi connectivity index (χ2v) is 10.9. The topological polar surface area (TPSA) is 6.48 Å². The maximum atomic E-state index is 2.76. The van der Waals surface area contributed by atoms with Crippen molar-refractivity contribution in [1.82, 2.24) is 9.80 Å². The van der Waals surface area contributed by atoms with Gasteiger partial charge in [0.25, 0.3) is 0 Å². The lowest BCUT2D eigenvalue weighted by atomic mass is 9.76. The summed E-state index contributed by atoms with van der Waals surface area (Å²) in [4.78, 5) is 5.40. The maximum absolute atomic E-state index is 2.76. The first-order valence-electron chi connectivity index (χ1n) is 14.4. The van der Waals surface area contributed by atoms with E-state index in [4.69, 9.17) is 0 Å². The molecule has 1 fully saturated rings. The van der Waals surface area contributed by atoms with Gasteiger partial charge in [0, 0.05) is 32.4 Å². The summed E-state index contributed by atoms with van der Waals surface area (Å²) in [5.41, 5.74) is 3.33. The van der Waals surface area contributed by atoms with Gasteiger partial charge < -0.3 is 9.80 Å². The highest BCUT2D eigenvalue weighted by Crippen LogP contribution is 2.37. The van der Waals surface area contributed by atoms with Crippen molar-refractivity contribution in [1.29, 1.82) is 0 Å². The van der Waals surface area contributed by atoms with Crippen LogP contribution in [0.5, 0.6) is 0 Å². The smallest absolute Gasteiger partial charge is 0.0386 e. The zero-order valence-electron chi connectivity index (χ0n) is 21.6. The van der Waals surface area contributed by atoms with E-state index in [1.165, 1.54) is 96.7 Å². The molecule has 0 amide bonds. The number of nitrogens with zero attached hydrogens (tertiary/aromatic N) is 2. The molecule has 6 bridgehead atoms. The van der Waals surface area contributed by atoms with Crippen LogP contribution in [0.25, 0.3) is 0 Å². The van der Waals surface area contributed by atoms with Gasteiger partial charge >= 0.3 is 0 Å². The van der Waals surface area contributed by atoms with Crippen LogP contribution in [0.3, 0.4) is 0 Å². The van der Waals surface area contributed by atoms with Gasteiger partial charge in [-0.2, -0.15) is 0 Å². The number of hydrogen-bond acceptors (Lipinski definition) is 2. The maximum Gasteiger partial charge on any atom is 0.0386 e. The summed E-state index contributed by atoms with van der Waals surface area (Å²) in [6.45, 7) is 6.05. The van der Waals surface area contributed by atoms with E-state index < -0.39 is 0 Å². The zero-order valence-corrected chi connectivity index (χ0v) is 21.6. The van der Waals surface area contributed by atoms with Gasteiger partial charge in [-0.05, 0) is 88.2 Å². The fraction of sp³-hybridized carbons (Fsp3) is 0.625. The predicted molar refractivity (Wildman–Crippen MR) is 148 cm³/mol. The third kappa shape index (κ3) is 8.45. The van der Waals surface area contributed by atoms with E-state index >= 15 is 0 Å². The minimum absolute atomic E-state index is 0.745. The molecular weight excluding hydrogens is 412 g/mol. The molecule has 0 radical (unpaired) electrons. The van der Waals surface area contributed by atoms with Gasteiger partial charge in [-0.25, -0.2) is 0 Å². The second kappa shape index (κ2) is 14.6. The molecule has 0 aromatic carbocycles. The lowest BCUT2D eigenvalue weighted by Crippen LogP contribution is -2.42. The molecule has 0 aliphatic carbocycles. The molecule has 3 atom stereocenters. The summed E-state index contributed by atoms with van der Waals surface area (Å²) in [7, 11) is 0. The van der Waals surface area contributed by atoms with Gasteiger partial charge in [0.2, 0.25) is 0 Å². The van der Waals surface area contributed by atoms with E-state index in [1.807, 2.05) is 0 Å². The summed E-state index contributed by atoms with van der Waals surface area (Å²) >= 11 is 0. The van der Waals surface area contributed by atoms with Crippen molar-refractivity contribution < 1.29 is 0 Å². The van der Waals surface area contributed by atoms with Crippen molar-refractivity contribution in [2.75, 3.05) is 32.7 Å². The van der Waals surface area contributed by atoms with E-state index in [0.717, 1.165) is 31.3 Å². The highest BCUT2D eigenvalue weighted by molar-refractivity contribution is 5.31. The Hall–Kier alpha value is -1.80. The van der Waals surface area contributed by atoms with Crippen LogP contribution in [0, 0.1) is 11.8 Å². The Bertz CT molecular complexity index is 781. The molecule has 34 heavy (non-hydrogen) atoms. The highest BCUT2D eigenvalue weighted by atomic mass is 15.1. The first-order valence-corrected chi connectivity index (χ1v) is 14.4. The van der Waals surface area contributed by atoms with Crippen molar-refractivity contribution in [3.8, 4) is 0 Å². The van der Waals surface area contributed by atoms with Gasteiger partial charge in [-0.3, -0.25) is 0 Å². The monoisotopic (exact) mass is 460 g/mol. The van der Waals surface area contributed by atoms with E-state index in [1.54, 1.807) is 11.1 Å². The molecule has 2 heteroatoms. The van der Waals surface area contributed by atoms with Gasteiger partial charge in [0.1, 0.15) is 0 Å². The van der Waals surface area contributed by atoms with Crippen LogP contribution in [0.1, 0.15) is 83.5 Å². The minimum atomic E-state index is 0.745. The van der Waals surface area contributed by atoms with E-state index in [2.05, 4.69) is 70.7 Å². The Morgan fingerprint density at radius 3 is 2.18 bits per heavy atom. The normalized spacial score (nSPS) is 30.1. The molecule has 5 aliphatic rings. The van der Waals surface area contributed by atoms with E-state index in [9.17, 15) is 0 Å². The molecule has 186 valence electrons. The van der Waals surface area contributed by atoms with E-state index in [0.29, 0.717) is 0 Å². The molecule has 0 aromatic rings. The number of fused-ring (bicyclic) bond motifs is 9. The molecule has 2 nitrogen and oxygen atoms in total. The number of allylic oxidation sites excluding steroid dienone is 8. The Kier molecular flexibility index (Phi) is 10.8. The largest absolute Gasteiger partial charge is 0.373 e. The molecule has 5 rings (SSSR count). The first kappa shape index (κ1) is 25.3. The summed E-state index contributed by atoms with van der Waals surface area (Å²) in [6.07, 6.45) is 40.7. The van der Waals surface area contributed by atoms with Crippen molar-refractivity contribution >= 4 is 0 Å². The predicted octanol–water partition coefficient (Wildman–Crippen LogP) is 7.98. The number of piperidine rings is 1. The average molecular weight is 461 g/mol. The van der Waals surface area contributed by atoms with Gasteiger partial charge in [0.05, 0.1) is 0 Å². The van der Waals surface area contributed by atoms with Crippen LogP contribution in [-0.2, 0) is 0 Å². The third-order valence-corrected chi connectivity index (χ3v) is 8.13. The Balaban J connectivity index is 1.55. The van der Waals surface area contributed by atoms with Gasteiger partial charge in [0.15, 0.2) is 0 Å². The lowest BCUT2D eigenvalue weighted by Gasteiger charge is -2.41.